The number of halogens is 7. The molecule has 0 saturated heterocycles. The Balaban J connectivity index is 3.61. The number of nitrogens with zero attached hydrogens (tertiary/aromatic N) is 1. The van der Waals surface area contributed by atoms with Gasteiger partial charge in [-0.15, -0.1) is 0 Å². The average molecular weight is 274 g/mol. The Morgan fingerprint density at radius 3 is 1.53 bits per heavy atom. The summed E-state index contributed by atoms with van der Waals surface area (Å²) < 4.78 is 74.2. The van der Waals surface area contributed by atoms with Gasteiger partial charge in [0.05, 0.1) is 27.8 Å². The molecule has 17 heavy (non-hydrogen) atoms. The molecule has 0 radical (unpaired) electrons. The minimum Gasteiger partial charge on any atom is -0.192 e. The Hall–Kier alpha value is -1.42. The fourth-order valence-electron chi connectivity index (χ4n) is 1.10. The van der Waals surface area contributed by atoms with Crippen molar-refractivity contribution in [2.45, 2.75) is 12.4 Å². The first kappa shape index (κ1) is 13.6. The van der Waals surface area contributed by atoms with Crippen LogP contribution in [0.3, 0.4) is 0 Å². The van der Waals surface area contributed by atoms with Crippen LogP contribution in [0.4, 0.5) is 26.3 Å². The number of rotatable bonds is 0. The van der Waals surface area contributed by atoms with Gasteiger partial charge in [-0.05, 0) is 12.1 Å². The van der Waals surface area contributed by atoms with Crippen LogP contribution in [0.15, 0.2) is 12.1 Å². The van der Waals surface area contributed by atoms with Crippen molar-refractivity contribution in [2.75, 3.05) is 0 Å². The third kappa shape index (κ3) is 2.82. The Morgan fingerprint density at radius 2 is 1.29 bits per heavy atom. The fraction of sp³-hybridized carbons (Fsp3) is 0.222. The van der Waals surface area contributed by atoms with E-state index in [-0.39, 0.29) is 12.1 Å². The van der Waals surface area contributed by atoms with Crippen LogP contribution < -0.4 is 0 Å². The molecule has 0 aliphatic rings. The van der Waals surface area contributed by atoms with E-state index in [1.807, 2.05) is 0 Å². The van der Waals surface area contributed by atoms with Crippen LogP contribution in [0, 0.1) is 11.3 Å². The summed E-state index contributed by atoms with van der Waals surface area (Å²) in [5.41, 5.74) is -4.11. The molecule has 0 unspecified atom stereocenters. The van der Waals surface area contributed by atoms with Gasteiger partial charge in [0.15, 0.2) is 0 Å². The molecule has 0 saturated carbocycles. The largest absolute Gasteiger partial charge is 0.417 e. The highest BCUT2D eigenvalue weighted by Gasteiger charge is 2.41. The van der Waals surface area contributed by atoms with E-state index in [4.69, 9.17) is 16.9 Å². The molecule has 0 heterocycles. The maximum atomic E-state index is 12.4. The van der Waals surface area contributed by atoms with Gasteiger partial charge >= 0.3 is 12.4 Å². The summed E-state index contributed by atoms with van der Waals surface area (Å²) in [5, 5.41) is 6.93. The predicted octanol–water partition coefficient (Wildman–Crippen LogP) is 4.25. The minimum absolute atomic E-state index is 0.275. The molecule has 0 aromatic heterocycles. The molecule has 0 aliphatic carbocycles. The van der Waals surface area contributed by atoms with Crippen LogP contribution in [-0.4, -0.2) is 0 Å². The zero-order valence-corrected chi connectivity index (χ0v) is 8.50. The lowest BCUT2D eigenvalue weighted by Gasteiger charge is -2.14. The third-order valence-corrected chi connectivity index (χ3v) is 2.22. The van der Waals surface area contributed by atoms with Crippen LogP contribution in [0.1, 0.15) is 16.7 Å². The van der Waals surface area contributed by atoms with Gasteiger partial charge in [-0.25, -0.2) is 0 Å². The molecule has 1 rings (SSSR count). The Bertz CT molecular complexity index is 447. The predicted molar refractivity (Wildman–Crippen MR) is 46.2 cm³/mol. The second kappa shape index (κ2) is 4.11. The monoisotopic (exact) mass is 273 g/mol. The normalized spacial score (nSPS) is 12.4. The lowest BCUT2D eigenvalue weighted by molar-refractivity contribution is -0.142. The lowest BCUT2D eigenvalue weighted by Crippen LogP contribution is -2.13. The molecule has 1 aromatic rings. The summed E-state index contributed by atoms with van der Waals surface area (Å²) in [6, 6.07) is 1.77. The Morgan fingerprint density at radius 1 is 0.941 bits per heavy atom. The van der Waals surface area contributed by atoms with E-state index in [1.54, 1.807) is 0 Å². The zero-order chi connectivity index (χ0) is 13.4. The van der Waals surface area contributed by atoms with E-state index in [9.17, 15) is 26.3 Å². The first-order chi connectivity index (χ1) is 7.57. The molecular formula is C9H2ClF6N. The quantitative estimate of drug-likeness (QED) is 0.648. The van der Waals surface area contributed by atoms with Crippen LogP contribution in [0.5, 0.6) is 0 Å². The second-order valence-electron chi connectivity index (χ2n) is 2.99. The first-order valence-corrected chi connectivity index (χ1v) is 4.33. The summed E-state index contributed by atoms with van der Waals surface area (Å²) in [6.07, 6.45) is -10.1. The smallest absolute Gasteiger partial charge is 0.192 e. The van der Waals surface area contributed by atoms with Crippen molar-refractivity contribution in [3.05, 3.63) is 33.8 Å². The Kier molecular flexibility index (Phi) is 3.30. The number of alkyl halides is 6. The molecular weight excluding hydrogens is 272 g/mol. The summed E-state index contributed by atoms with van der Waals surface area (Å²) in [6.45, 7) is 0. The van der Waals surface area contributed by atoms with Gasteiger partial charge in [0.1, 0.15) is 0 Å². The van der Waals surface area contributed by atoms with E-state index >= 15 is 0 Å². The van der Waals surface area contributed by atoms with Crippen molar-refractivity contribution in [3.63, 3.8) is 0 Å². The van der Waals surface area contributed by atoms with Crippen LogP contribution in [0.25, 0.3) is 0 Å². The SMILES string of the molecule is N#Cc1cc(C(F)(F)F)c(Cl)c(C(F)(F)F)c1. The highest BCUT2D eigenvalue weighted by molar-refractivity contribution is 6.32. The zero-order valence-electron chi connectivity index (χ0n) is 7.75. The van der Waals surface area contributed by atoms with Crippen molar-refractivity contribution < 1.29 is 26.3 Å². The number of nitriles is 1. The molecule has 0 fully saturated rings. The van der Waals surface area contributed by atoms with E-state index in [1.165, 1.54) is 6.07 Å². The molecule has 0 bridgehead atoms. The topological polar surface area (TPSA) is 23.8 Å². The second-order valence-corrected chi connectivity index (χ2v) is 3.37. The van der Waals surface area contributed by atoms with Gasteiger partial charge in [-0.2, -0.15) is 31.6 Å². The van der Waals surface area contributed by atoms with Gasteiger partial charge in [-0.3, -0.25) is 0 Å². The van der Waals surface area contributed by atoms with Crippen molar-refractivity contribution in [2.24, 2.45) is 0 Å². The molecule has 0 aliphatic heterocycles. The summed E-state index contributed by atoms with van der Waals surface area (Å²) in [7, 11) is 0. The standard InChI is InChI=1S/C9H2ClF6N/c10-7-5(8(11,12)13)1-4(3-17)2-6(7)9(14,15)16/h1-2H. The fourth-order valence-corrected chi connectivity index (χ4v) is 1.42. The molecule has 1 nitrogen and oxygen atoms in total. The number of benzene rings is 1. The van der Waals surface area contributed by atoms with Gasteiger partial charge in [0, 0.05) is 0 Å². The van der Waals surface area contributed by atoms with Crippen molar-refractivity contribution in [1.29, 1.82) is 5.26 Å². The number of hydrogen-bond acceptors (Lipinski definition) is 1. The van der Waals surface area contributed by atoms with E-state index in [2.05, 4.69) is 0 Å². The van der Waals surface area contributed by atoms with Gasteiger partial charge in [-0.1, -0.05) is 11.6 Å². The molecule has 0 spiro atoms. The van der Waals surface area contributed by atoms with Gasteiger partial charge in [0.25, 0.3) is 0 Å². The van der Waals surface area contributed by atoms with E-state index in [0.717, 1.165) is 0 Å². The molecule has 0 amide bonds. The summed E-state index contributed by atoms with van der Waals surface area (Å²) in [5.74, 6) is 0. The molecule has 1 aromatic carbocycles. The van der Waals surface area contributed by atoms with Crippen molar-refractivity contribution in [3.8, 4) is 6.07 Å². The molecule has 92 valence electrons. The molecule has 0 N–H and O–H groups in total. The molecule has 8 heteroatoms. The van der Waals surface area contributed by atoms with Crippen LogP contribution >= 0.6 is 11.6 Å². The number of hydrogen-bond donors (Lipinski definition) is 0. The maximum Gasteiger partial charge on any atom is 0.417 e. The molecule has 0 atom stereocenters. The van der Waals surface area contributed by atoms with E-state index < -0.39 is 34.1 Å². The van der Waals surface area contributed by atoms with E-state index in [0.29, 0.717) is 0 Å². The highest BCUT2D eigenvalue weighted by Crippen LogP contribution is 2.42. The van der Waals surface area contributed by atoms with Crippen LogP contribution in [-0.2, 0) is 12.4 Å². The van der Waals surface area contributed by atoms with Gasteiger partial charge in [0.2, 0.25) is 0 Å². The average Bonchev–Trinajstić information content (AvgIpc) is 2.14. The highest BCUT2D eigenvalue weighted by atomic mass is 35.5. The van der Waals surface area contributed by atoms with Crippen molar-refractivity contribution >= 4 is 11.6 Å². The minimum atomic E-state index is -5.05. The first-order valence-electron chi connectivity index (χ1n) is 3.95. The van der Waals surface area contributed by atoms with Crippen molar-refractivity contribution in [1.82, 2.24) is 0 Å². The van der Waals surface area contributed by atoms with Crippen LogP contribution in [0.2, 0.25) is 5.02 Å². The van der Waals surface area contributed by atoms with Gasteiger partial charge < -0.3 is 0 Å². The lowest BCUT2D eigenvalue weighted by atomic mass is 10.1. The Labute approximate surface area is 96.2 Å². The maximum absolute atomic E-state index is 12.4. The summed E-state index contributed by atoms with van der Waals surface area (Å²) in [4.78, 5) is 0. The summed E-state index contributed by atoms with van der Waals surface area (Å²) >= 11 is 5.06. The third-order valence-electron chi connectivity index (χ3n) is 1.81.